The first-order valence-electron chi connectivity index (χ1n) is 3.92. The van der Waals surface area contributed by atoms with Gasteiger partial charge in [0.1, 0.15) is 0 Å². The zero-order chi connectivity index (χ0) is 9.68. The van der Waals surface area contributed by atoms with Crippen molar-refractivity contribution in [3.05, 3.63) is 26.8 Å². The highest BCUT2D eigenvalue weighted by Gasteiger charge is 1.98. The molecule has 4 heteroatoms. The summed E-state index contributed by atoms with van der Waals surface area (Å²) in [6, 6.07) is 5.89. The van der Waals surface area contributed by atoms with Crippen molar-refractivity contribution in [2.75, 3.05) is 23.9 Å². The van der Waals surface area contributed by atoms with Crippen molar-refractivity contribution in [1.82, 2.24) is 0 Å². The SMILES string of the molecule is CSCCNc1ccc(Cl)cc1I. The molecule has 1 aromatic carbocycles. The van der Waals surface area contributed by atoms with E-state index in [1.165, 1.54) is 9.26 Å². The molecule has 72 valence electrons. The highest BCUT2D eigenvalue weighted by Crippen LogP contribution is 2.21. The van der Waals surface area contributed by atoms with Crippen LogP contribution in [0.3, 0.4) is 0 Å². The molecule has 0 aliphatic rings. The van der Waals surface area contributed by atoms with Crippen LogP contribution in [0.1, 0.15) is 0 Å². The van der Waals surface area contributed by atoms with Crippen LogP contribution < -0.4 is 5.32 Å². The second kappa shape index (κ2) is 5.98. The minimum atomic E-state index is 0.791. The quantitative estimate of drug-likeness (QED) is 0.668. The zero-order valence-electron chi connectivity index (χ0n) is 7.31. The number of halogens is 2. The van der Waals surface area contributed by atoms with E-state index in [4.69, 9.17) is 11.6 Å². The summed E-state index contributed by atoms with van der Waals surface area (Å²) in [5.74, 6) is 1.12. The molecule has 0 radical (unpaired) electrons. The summed E-state index contributed by atoms with van der Waals surface area (Å²) in [6.45, 7) is 0.999. The summed E-state index contributed by atoms with van der Waals surface area (Å²) < 4.78 is 1.17. The molecule has 0 saturated carbocycles. The van der Waals surface area contributed by atoms with Gasteiger partial charge in [-0.25, -0.2) is 0 Å². The van der Waals surface area contributed by atoms with Gasteiger partial charge in [0.2, 0.25) is 0 Å². The minimum Gasteiger partial charge on any atom is -0.383 e. The van der Waals surface area contributed by atoms with Crippen molar-refractivity contribution < 1.29 is 0 Å². The third kappa shape index (κ3) is 3.95. The largest absolute Gasteiger partial charge is 0.383 e. The van der Waals surface area contributed by atoms with Crippen LogP contribution in [0.5, 0.6) is 0 Å². The average molecular weight is 328 g/mol. The van der Waals surface area contributed by atoms with E-state index < -0.39 is 0 Å². The van der Waals surface area contributed by atoms with Gasteiger partial charge in [0.25, 0.3) is 0 Å². The molecule has 0 aromatic heterocycles. The van der Waals surface area contributed by atoms with Crippen LogP contribution in [0.2, 0.25) is 5.02 Å². The molecule has 13 heavy (non-hydrogen) atoms. The van der Waals surface area contributed by atoms with Crippen molar-refractivity contribution in [3.8, 4) is 0 Å². The third-order valence-electron chi connectivity index (χ3n) is 1.55. The van der Waals surface area contributed by atoms with E-state index in [1.807, 2.05) is 30.0 Å². The molecular weight excluding hydrogens is 317 g/mol. The van der Waals surface area contributed by atoms with Gasteiger partial charge in [-0.05, 0) is 47.0 Å². The van der Waals surface area contributed by atoms with Crippen LogP contribution in [0, 0.1) is 3.57 Å². The van der Waals surface area contributed by atoms with Crippen molar-refractivity contribution >= 4 is 51.6 Å². The van der Waals surface area contributed by atoms with Gasteiger partial charge < -0.3 is 5.32 Å². The van der Waals surface area contributed by atoms with Gasteiger partial charge in [-0.1, -0.05) is 11.6 Å². The maximum Gasteiger partial charge on any atom is 0.0477 e. The monoisotopic (exact) mass is 327 g/mol. The molecule has 1 aromatic rings. The number of hydrogen-bond donors (Lipinski definition) is 1. The van der Waals surface area contributed by atoms with E-state index in [0.29, 0.717) is 0 Å². The highest BCUT2D eigenvalue weighted by molar-refractivity contribution is 14.1. The lowest BCUT2D eigenvalue weighted by Crippen LogP contribution is -2.04. The molecule has 0 aliphatic heterocycles. The van der Waals surface area contributed by atoms with Gasteiger partial charge in [0, 0.05) is 26.6 Å². The van der Waals surface area contributed by atoms with Gasteiger partial charge in [-0.2, -0.15) is 11.8 Å². The van der Waals surface area contributed by atoms with Crippen LogP contribution >= 0.6 is 46.0 Å². The summed E-state index contributed by atoms with van der Waals surface area (Å²) in [6.07, 6.45) is 2.11. The van der Waals surface area contributed by atoms with Crippen LogP contribution in [-0.4, -0.2) is 18.6 Å². The van der Waals surface area contributed by atoms with Gasteiger partial charge in [0.05, 0.1) is 0 Å². The maximum absolute atomic E-state index is 5.84. The fourth-order valence-corrected chi connectivity index (χ4v) is 2.29. The predicted molar refractivity (Wildman–Crippen MR) is 71.0 cm³/mol. The summed E-state index contributed by atoms with van der Waals surface area (Å²) in [5.41, 5.74) is 1.17. The maximum atomic E-state index is 5.84. The molecule has 0 saturated heterocycles. The van der Waals surface area contributed by atoms with Gasteiger partial charge in [-0.3, -0.25) is 0 Å². The lowest BCUT2D eigenvalue weighted by atomic mass is 10.3. The van der Waals surface area contributed by atoms with Crippen molar-refractivity contribution in [2.24, 2.45) is 0 Å². The highest BCUT2D eigenvalue weighted by atomic mass is 127. The number of thioether (sulfide) groups is 1. The Morgan fingerprint density at radius 2 is 2.31 bits per heavy atom. The Balaban J connectivity index is 2.56. The second-order valence-corrected chi connectivity index (χ2v) is 5.13. The Kier molecular flexibility index (Phi) is 5.28. The summed E-state index contributed by atoms with van der Waals surface area (Å²) >= 11 is 9.96. The summed E-state index contributed by atoms with van der Waals surface area (Å²) in [5, 5.41) is 4.15. The first-order chi connectivity index (χ1) is 6.24. The van der Waals surface area contributed by atoms with E-state index in [-0.39, 0.29) is 0 Å². The van der Waals surface area contributed by atoms with Crippen LogP contribution in [-0.2, 0) is 0 Å². The number of benzene rings is 1. The van der Waals surface area contributed by atoms with Gasteiger partial charge >= 0.3 is 0 Å². The number of rotatable bonds is 4. The normalized spacial score (nSPS) is 10.1. The molecule has 0 heterocycles. The fraction of sp³-hybridized carbons (Fsp3) is 0.333. The van der Waals surface area contributed by atoms with Crippen LogP contribution in [0.25, 0.3) is 0 Å². The lowest BCUT2D eigenvalue weighted by Gasteiger charge is -2.07. The number of nitrogens with one attached hydrogen (secondary N) is 1. The third-order valence-corrected chi connectivity index (χ3v) is 3.29. The molecule has 0 spiro atoms. The predicted octanol–water partition coefficient (Wildman–Crippen LogP) is 3.72. The second-order valence-electron chi connectivity index (χ2n) is 2.54. The van der Waals surface area contributed by atoms with Crippen LogP contribution in [0.15, 0.2) is 18.2 Å². The molecule has 0 fully saturated rings. The summed E-state index contributed by atoms with van der Waals surface area (Å²) in [7, 11) is 0. The molecule has 0 aliphatic carbocycles. The van der Waals surface area contributed by atoms with Gasteiger partial charge in [-0.15, -0.1) is 0 Å². The molecule has 0 amide bonds. The number of hydrogen-bond acceptors (Lipinski definition) is 2. The first kappa shape index (κ1) is 11.5. The standard InChI is InChI=1S/C9H11ClINS/c1-13-5-4-12-9-3-2-7(10)6-8(9)11/h2-3,6,12H,4-5H2,1H3. The minimum absolute atomic E-state index is 0.791. The lowest BCUT2D eigenvalue weighted by molar-refractivity contribution is 1.22. The van der Waals surface area contributed by atoms with Crippen molar-refractivity contribution in [2.45, 2.75) is 0 Å². The molecule has 0 atom stereocenters. The fourth-order valence-electron chi connectivity index (χ4n) is 0.921. The van der Waals surface area contributed by atoms with E-state index in [2.05, 4.69) is 34.2 Å². The Morgan fingerprint density at radius 1 is 1.54 bits per heavy atom. The smallest absolute Gasteiger partial charge is 0.0477 e. The summed E-state index contributed by atoms with van der Waals surface area (Å²) in [4.78, 5) is 0. The van der Waals surface area contributed by atoms with Crippen molar-refractivity contribution in [1.29, 1.82) is 0 Å². The Labute approximate surface area is 102 Å². The van der Waals surface area contributed by atoms with E-state index >= 15 is 0 Å². The number of anilines is 1. The Bertz CT molecular complexity index is 280. The van der Waals surface area contributed by atoms with E-state index in [0.717, 1.165) is 17.3 Å². The first-order valence-corrected chi connectivity index (χ1v) is 6.77. The van der Waals surface area contributed by atoms with E-state index in [1.54, 1.807) is 0 Å². The Morgan fingerprint density at radius 3 is 2.92 bits per heavy atom. The van der Waals surface area contributed by atoms with Gasteiger partial charge in [0.15, 0.2) is 0 Å². The topological polar surface area (TPSA) is 12.0 Å². The molecule has 1 N–H and O–H groups in total. The van der Waals surface area contributed by atoms with E-state index in [9.17, 15) is 0 Å². The Hall–Kier alpha value is 0.390. The molecule has 0 bridgehead atoms. The average Bonchev–Trinajstić information content (AvgIpc) is 2.09. The van der Waals surface area contributed by atoms with Crippen molar-refractivity contribution in [3.63, 3.8) is 0 Å². The molecule has 1 rings (SSSR count). The van der Waals surface area contributed by atoms with Crippen LogP contribution in [0.4, 0.5) is 5.69 Å². The zero-order valence-corrected chi connectivity index (χ0v) is 11.0. The molecule has 0 unspecified atom stereocenters. The molecular formula is C9H11ClINS. The molecule has 1 nitrogen and oxygen atoms in total.